The highest BCUT2D eigenvalue weighted by Crippen LogP contribution is 2.18. The fraction of sp³-hybridized carbons (Fsp3) is 0.857. The van der Waals surface area contributed by atoms with Crippen LogP contribution >= 0.6 is 12.2 Å². The van der Waals surface area contributed by atoms with E-state index in [2.05, 4.69) is 30.7 Å². The Labute approximate surface area is 128 Å². The normalized spacial score (nSPS) is 19.8. The highest BCUT2D eigenvalue weighted by molar-refractivity contribution is 7.80. The molecule has 1 heterocycles. The summed E-state index contributed by atoms with van der Waals surface area (Å²) in [7, 11) is 3.97. The van der Waals surface area contributed by atoms with Crippen molar-refractivity contribution in [3.05, 3.63) is 0 Å². The number of amides is 1. The number of hydrogen-bond donors (Lipinski definition) is 1. The van der Waals surface area contributed by atoms with Crippen LogP contribution in [0, 0.1) is 0 Å². The highest BCUT2D eigenvalue weighted by Gasteiger charge is 2.30. The molecule has 0 radical (unpaired) electrons. The third-order valence-electron chi connectivity index (χ3n) is 4.16. The van der Waals surface area contributed by atoms with Crippen LogP contribution in [0.1, 0.15) is 26.7 Å². The van der Waals surface area contributed by atoms with Crippen molar-refractivity contribution in [1.29, 1.82) is 0 Å². The largest absolute Gasteiger partial charge is 0.393 e. The smallest absolute Gasteiger partial charge is 0.223 e. The minimum atomic E-state index is 0.165. The number of hydrogen-bond acceptors (Lipinski definition) is 4. The third-order valence-corrected chi connectivity index (χ3v) is 4.36. The van der Waals surface area contributed by atoms with E-state index in [1.54, 1.807) is 4.90 Å². The van der Waals surface area contributed by atoms with Gasteiger partial charge in [-0.1, -0.05) is 12.2 Å². The molecule has 20 heavy (non-hydrogen) atoms. The van der Waals surface area contributed by atoms with Crippen molar-refractivity contribution >= 4 is 23.1 Å². The summed E-state index contributed by atoms with van der Waals surface area (Å²) in [5.41, 5.74) is 5.63. The minimum absolute atomic E-state index is 0.165. The fourth-order valence-corrected chi connectivity index (χ4v) is 2.47. The van der Waals surface area contributed by atoms with Crippen LogP contribution in [0.3, 0.4) is 0 Å². The number of piperazine rings is 1. The van der Waals surface area contributed by atoms with Crippen LogP contribution in [0.5, 0.6) is 0 Å². The number of carbonyl (C=O) groups excluding carboxylic acids is 1. The van der Waals surface area contributed by atoms with Crippen molar-refractivity contribution in [2.75, 3.05) is 46.8 Å². The number of likely N-dealkylation sites (N-methyl/N-ethyl adjacent to an activating group) is 1. The molecular weight excluding hydrogens is 272 g/mol. The van der Waals surface area contributed by atoms with Gasteiger partial charge in [-0.2, -0.15) is 0 Å². The van der Waals surface area contributed by atoms with Crippen molar-refractivity contribution in [1.82, 2.24) is 14.7 Å². The fourth-order valence-electron chi connectivity index (χ4n) is 2.38. The van der Waals surface area contributed by atoms with E-state index in [0.29, 0.717) is 24.4 Å². The molecule has 1 aliphatic rings. The molecule has 0 spiro atoms. The Morgan fingerprint density at radius 2 is 2.00 bits per heavy atom. The van der Waals surface area contributed by atoms with E-state index in [0.717, 1.165) is 26.2 Å². The Morgan fingerprint density at radius 1 is 1.35 bits per heavy atom. The van der Waals surface area contributed by atoms with E-state index >= 15 is 0 Å². The van der Waals surface area contributed by atoms with E-state index < -0.39 is 0 Å². The van der Waals surface area contributed by atoms with Crippen LogP contribution in [0.2, 0.25) is 0 Å². The molecule has 1 saturated heterocycles. The Kier molecular flexibility index (Phi) is 6.36. The van der Waals surface area contributed by atoms with Crippen LogP contribution in [0.4, 0.5) is 0 Å². The van der Waals surface area contributed by atoms with Crippen LogP contribution in [0.25, 0.3) is 0 Å². The van der Waals surface area contributed by atoms with Crippen molar-refractivity contribution in [2.24, 2.45) is 5.73 Å². The molecule has 0 aromatic rings. The van der Waals surface area contributed by atoms with Crippen LogP contribution in [-0.4, -0.2) is 78.0 Å². The maximum absolute atomic E-state index is 12.0. The number of nitrogens with zero attached hydrogens (tertiary/aromatic N) is 3. The molecular formula is C14H28N4OS. The summed E-state index contributed by atoms with van der Waals surface area (Å²) in [6.07, 6.45) is 1.16. The number of thiocarbonyl (C=S) groups is 1. The lowest BCUT2D eigenvalue weighted by Gasteiger charge is -2.45. The summed E-state index contributed by atoms with van der Waals surface area (Å²) in [5, 5.41) is 0. The second kappa shape index (κ2) is 7.33. The van der Waals surface area contributed by atoms with Crippen LogP contribution in [-0.2, 0) is 4.79 Å². The average Bonchev–Trinajstić information content (AvgIpc) is 2.36. The van der Waals surface area contributed by atoms with Gasteiger partial charge in [0.05, 0.1) is 4.99 Å². The van der Waals surface area contributed by atoms with E-state index in [9.17, 15) is 4.79 Å². The Bertz CT molecular complexity index is 359. The molecule has 1 fully saturated rings. The van der Waals surface area contributed by atoms with Gasteiger partial charge in [-0.15, -0.1) is 0 Å². The zero-order valence-electron chi connectivity index (χ0n) is 13.2. The standard InChI is InChI=1S/C14H28N4OS/c1-14(2)11-18(10-9-17(14)4)8-6-13(19)16(3)7-5-12(15)20/h5-11H2,1-4H3,(H2,15,20). The second-order valence-corrected chi connectivity index (χ2v) is 6.82. The first-order valence-electron chi connectivity index (χ1n) is 7.18. The Hall–Kier alpha value is -0.720. The predicted molar refractivity (Wildman–Crippen MR) is 86.8 cm³/mol. The molecule has 5 nitrogen and oxygen atoms in total. The molecule has 0 aromatic heterocycles. The molecule has 2 N–H and O–H groups in total. The maximum Gasteiger partial charge on any atom is 0.223 e. The molecule has 0 unspecified atom stereocenters. The van der Waals surface area contributed by atoms with Crippen LogP contribution in [0.15, 0.2) is 0 Å². The van der Waals surface area contributed by atoms with Gasteiger partial charge in [0, 0.05) is 58.2 Å². The molecule has 116 valence electrons. The van der Waals surface area contributed by atoms with E-state index in [1.165, 1.54) is 0 Å². The van der Waals surface area contributed by atoms with Crippen molar-refractivity contribution in [3.63, 3.8) is 0 Å². The number of rotatable bonds is 6. The molecule has 0 saturated carbocycles. The first-order chi connectivity index (χ1) is 9.22. The summed E-state index contributed by atoms with van der Waals surface area (Å²) >= 11 is 4.83. The maximum atomic E-state index is 12.0. The summed E-state index contributed by atoms with van der Waals surface area (Å²) in [6.45, 7) is 9.02. The SMILES string of the molecule is CN(CCC(N)=S)C(=O)CCN1CCN(C)C(C)(C)C1. The van der Waals surface area contributed by atoms with Gasteiger partial charge in [0.25, 0.3) is 0 Å². The van der Waals surface area contributed by atoms with Gasteiger partial charge < -0.3 is 10.6 Å². The van der Waals surface area contributed by atoms with Crippen molar-refractivity contribution in [3.8, 4) is 0 Å². The molecule has 1 rings (SSSR count). The summed E-state index contributed by atoms with van der Waals surface area (Å²) in [6, 6.07) is 0. The van der Waals surface area contributed by atoms with Gasteiger partial charge in [0.15, 0.2) is 0 Å². The van der Waals surface area contributed by atoms with Gasteiger partial charge in [0.2, 0.25) is 5.91 Å². The Morgan fingerprint density at radius 3 is 2.55 bits per heavy atom. The summed E-state index contributed by atoms with van der Waals surface area (Å²) in [5.74, 6) is 0.165. The summed E-state index contributed by atoms with van der Waals surface area (Å²) < 4.78 is 0. The molecule has 0 aromatic carbocycles. The van der Waals surface area contributed by atoms with Gasteiger partial charge in [-0.25, -0.2) is 0 Å². The predicted octanol–water partition coefficient (Wildman–Crippen LogP) is 0.537. The summed E-state index contributed by atoms with van der Waals surface area (Å²) in [4.78, 5) is 19.0. The zero-order valence-corrected chi connectivity index (χ0v) is 14.0. The quantitative estimate of drug-likeness (QED) is 0.726. The lowest BCUT2D eigenvalue weighted by atomic mass is 9.99. The van der Waals surface area contributed by atoms with Gasteiger partial charge in [-0.05, 0) is 20.9 Å². The van der Waals surface area contributed by atoms with Crippen LogP contribution < -0.4 is 5.73 Å². The van der Waals surface area contributed by atoms with E-state index in [4.69, 9.17) is 18.0 Å². The molecule has 0 aliphatic carbocycles. The van der Waals surface area contributed by atoms with Gasteiger partial charge in [-0.3, -0.25) is 14.6 Å². The minimum Gasteiger partial charge on any atom is -0.393 e. The average molecular weight is 300 g/mol. The first-order valence-corrected chi connectivity index (χ1v) is 7.59. The zero-order chi connectivity index (χ0) is 15.3. The monoisotopic (exact) mass is 300 g/mol. The first kappa shape index (κ1) is 17.3. The van der Waals surface area contributed by atoms with Crippen molar-refractivity contribution in [2.45, 2.75) is 32.2 Å². The van der Waals surface area contributed by atoms with Crippen molar-refractivity contribution < 1.29 is 4.79 Å². The molecule has 0 bridgehead atoms. The highest BCUT2D eigenvalue weighted by atomic mass is 32.1. The third kappa shape index (κ3) is 5.34. The van der Waals surface area contributed by atoms with E-state index in [1.807, 2.05) is 7.05 Å². The van der Waals surface area contributed by atoms with Gasteiger partial charge >= 0.3 is 0 Å². The molecule has 1 amide bonds. The molecule has 0 atom stereocenters. The van der Waals surface area contributed by atoms with Gasteiger partial charge in [0.1, 0.15) is 0 Å². The molecule has 1 aliphatic heterocycles. The van der Waals surface area contributed by atoms with E-state index in [-0.39, 0.29) is 11.4 Å². The topological polar surface area (TPSA) is 52.8 Å². The number of nitrogens with two attached hydrogens (primary N) is 1. The Balaban J connectivity index is 2.32. The lowest BCUT2D eigenvalue weighted by Crippen LogP contribution is -2.57. The lowest BCUT2D eigenvalue weighted by molar-refractivity contribution is -0.130. The number of carbonyl (C=O) groups is 1. The molecule has 6 heteroatoms. The second-order valence-electron chi connectivity index (χ2n) is 6.29.